The van der Waals surface area contributed by atoms with Crippen molar-refractivity contribution in [2.24, 2.45) is 0 Å². The van der Waals surface area contributed by atoms with E-state index in [2.05, 4.69) is 15.9 Å². The molecule has 0 radical (unpaired) electrons. The van der Waals surface area contributed by atoms with Gasteiger partial charge in [-0.25, -0.2) is 0 Å². The van der Waals surface area contributed by atoms with Gasteiger partial charge < -0.3 is 9.64 Å². The minimum absolute atomic E-state index is 0.00394. The van der Waals surface area contributed by atoms with Crippen LogP contribution in [-0.4, -0.2) is 24.9 Å². The van der Waals surface area contributed by atoms with Crippen LogP contribution in [0.25, 0.3) is 0 Å². The lowest BCUT2D eigenvalue weighted by Crippen LogP contribution is -2.35. The Labute approximate surface area is 97.2 Å². The number of hydrogen-bond acceptors (Lipinski definition) is 2. The van der Waals surface area contributed by atoms with Crippen LogP contribution in [0.5, 0.6) is 5.75 Å². The minimum atomic E-state index is -0.00394. The summed E-state index contributed by atoms with van der Waals surface area (Å²) in [5.74, 6) is 0.797. The molecular weight excluding hydrogens is 258 g/mol. The van der Waals surface area contributed by atoms with E-state index in [0.717, 1.165) is 23.2 Å². The third-order valence-electron chi connectivity index (χ3n) is 2.49. The zero-order valence-corrected chi connectivity index (χ0v) is 10.1. The summed E-state index contributed by atoms with van der Waals surface area (Å²) in [4.78, 5) is 13.0. The normalized spacial score (nSPS) is 14.8. The monoisotopic (exact) mass is 269 g/mol. The van der Waals surface area contributed by atoms with Gasteiger partial charge in [0.15, 0.2) is 6.61 Å². The van der Waals surface area contributed by atoms with Gasteiger partial charge in [-0.05, 0) is 24.1 Å². The van der Waals surface area contributed by atoms with Crippen molar-refractivity contribution in [2.75, 3.05) is 23.9 Å². The topological polar surface area (TPSA) is 29.5 Å². The summed E-state index contributed by atoms with van der Waals surface area (Å²) in [6, 6.07) is 5.96. The number of aryl methyl sites for hydroxylation is 1. The van der Waals surface area contributed by atoms with Crippen LogP contribution in [0.4, 0.5) is 5.69 Å². The number of hydrogen-bond donors (Lipinski definition) is 0. The molecule has 15 heavy (non-hydrogen) atoms. The van der Waals surface area contributed by atoms with Gasteiger partial charge >= 0.3 is 0 Å². The summed E-state index contributed by atoms with van der Waals surface area (Å²) >= 11 is 3.40. The molecule has 1 amide bonds. The molecule has 0 unspecified atom stereocenters. The molecule has 3 nitrogen and oxygen atoms in total. The molecule has 0 aromatic heterocycles. The van der Waals surface area contributed by atoms with E-state index in [1.165, 1.54) is 5.56 Å². The molecule has 0 fully saturated rings. The fourth-order valence-electron chi connectivity index (χ4n) is 1.59. The van der Waals surface area contributed by atoms with Crippen molar-refractivity contribution in [3.63, 3.8) is 0 Å². The number of benzene rings is 1. The van der Waals surface area contributed by atoms with E-state index in [4.69, 9.17) is 4.74 Å². The van der Waals surface area contributed by atoms with Gasteiger partial charge in [0.2, 0.25) is 0 Å². The first-order valence-electron chi connectivity index (χ1n) is 4.80. The zero-order valence-electron chi connectivity index (χ0n) is 8.50. The maximum atomic E-state index is 11.4. The highest BCUT2D eigenvalue weighted by atomic mass is 79.9. The third kappa shape index (κ3) is 2.00. The number of rotatable bonds is 2. The van der Waals surface area contributed by atoms with E-state index in [0.29, 0.717) is 0 Å². The Morgan fingerprint density at radius 2 is 2.33 bits per heavy atom. The molecule has 1 aromatic carbocycles. The number of carbonyl (C=O) groups is 1. The first-order valence-corrected chi connectivity index (χ1v) is 5.93. The summed E-state index contributed by atoms with van der Waals surface area (Å²) in [6.45, 7) is 0.140. The van der Waals surface area contributed by atoms with E-state index >= 15 is 0 Å². The van der Waals surface area contributed by atoms with Gasteiger partial charge in [-0.1, -0.05) is 22.0 Å². The molecule has 0 atom stereocenters. The fourth-order valence-corrected chi connectivity index (χ4v) is 2.04. The van der Waals surface area contributed by atoms with E-state index < -0.39 is 0 Å². The Kier molecular flexibility index (Phi) is 2.95. The second-order valence-corrected chi connectivity index (χ2v) is 4.28. The van der Waals surface area contributed by atoms with Crippen LogP contribution in [0, 0.1) is 0 Å². The summed E-state index contributed by atoms with van der Waals surface area (Å²) in [6.07, 6.45) is 0.967. The van der Waals surface area contributed by atoms with Gasteiger partial charge in [0.25, 0.3) is 5.91 Å². The van der Waals surface area contributed by atoms with Crippen LogP contribution in [0.2, 0.25) is 0 Å². The second-order valence-electron chi connectivity index (χ2n) is 3.48. The minimum Gasteiger partial charge on any atom is -0.482 e. The van der Waals surface area contributed by atoms with Crippen molar-refractivity contribution < 1.29 is 9.53 Å². The van der Waals surface area contributed by atoms with Gasteiger partial charge in [0.05, 0.1) is 5.69 Å². The number of halogens is 1. The largest absolute Gasteiger partial charge is 0.482 e. The van der Waals surface area contributed by atoms with Crippen molar-refractivity contribution in [3.05, 3.63) is 23.8 Å². The van der Waals surface area contributed by atoms with Crippen molar-refractivity contribution in [3.8, 4) is 5.75 Å². The van der Waals surface area contributed by atoms with Crippen LogP contribution in [0.1, 0.15) is 5.56 Å². The van der Waals surface area contributed by atoms with Crippen molar-refractivity contribution in [1.29, 1.82) is 0 Å². The molecular formula is C11H12BrNO2. The smallest absolute Gasteiger partial charge is 0.264 e. The van der Waals surface area contributed by atoms with E-state index in [1.807, 2.05) is 18.2 Å². The van der Waals surface area contributed by atoms with Gasteiger partial charge in [-0.2, -0.15) is 0 Å². The van der Waals surface area contributed by atoms with Gasteiger partial charge in [-0.3, -0.25) is 4.79 Å². The average molecular weight is 270 g/mol. The highest BCUT2D eigenvalue weighted by Gasteiger charge is 2.21. The van der Waals surface area contributed by atoms with Crippen LogP contribution >= 0.6 is 15.9 Å². The highest BCUT2D eigenvalue weighted by Crippen LogP contribution is 2.32. The molecule has 80 valence electrons. The first-order chi connectivity index (χ1) is 7.22. The van der Waals surface area contributed by atoms with Crippen LogP contribution in [0.15, 0.2) is 18.2 Å². The summed E-state index contributed by atoms with van der Waals surface area (Å²) < 4.78 is 5.39. The SMILES string of the molecule is CN1C(=O)COc2cc(CCBr)ccc21. The molecule has 2 rings (SSSR count). The van der Waals surface area contributed by atoms with Crippen LogP contribution in [-0.2, 0) is 11.2 Å². The Morgan fingerprint density at radius 1 is 1.53 bits per heavy atom. The Bertz CT molecular complexity index is 392. The molecule has 0 saturated carbocycles. The molecule has 0 N–H and O–H groups in total. The summed E-state index contributed by atoms with van der Waals surface area (Å²) in [7, 11) is 1.77. The number of amides is 1. The lowest BCUT2D eigenvalue weighted by molar-refractivity contribution is -0.120. The lowest BCUT2D eigenvalue weighted by atomic mass is 10.1. The predicted octanol–water partition coefficient (Wildman–Crippen LogP) is 1.98. The Hall–Kier alpha value is -1.03. The Balaban J connectivity index is 2.34. The molecule has 0 saturated heterocycles. The van der Waals surface area contributed by atoms with E-state index in [1.54, 1.807) is 11.9 Å². The van der Waals surface area contributed by atoms with Gasteiger partial charge in [-0.15, -0.1) is 0 Å². The van der Waals surface area contributed by atoms with Crippen molar-refractivity contribution in [2.45, 2.75) is 6.42 Å². The highest BCUT2D eigenvalue weighted by molar-refractivity contribution is 9.09. The number of fused-ring (bicyclic) bond motifs is 1. The van der Waals surface area contributed by atoms with E-state index in [-0.39, 0.29) is 12.5 Å². The van der Waals surface area contributed by atoms with Crippen molar-refractivity contribution >= 4 is 27.5 Å². The lowest BCUT2D eigenvalue weighted by Gasteiger charge is -2.26. The van der Waals surface area contributed by atoms with Gasteiger partial charge in [0.1, 0.15) is 5.75 Å². The standard InChI is InChI=1S/C11H12BrNO2/c1-13-9-3-2-8(4-5-12)6-10(9)15-7-11(13)14/h2-3,6H,4-5,7H2,1H3. The average Bonchev–Trinajstić information content (AvgIpc) is 2.24. The van der Waals surface area contributed by atoms with Gasteiger partial charge in [0, 0.05) is 12.4 Å². The molecule has 1 aromatic rings. The molecule has 4 heteroatoms. The third-order valence-corrected chi connectivity index (χ3v) is 2.89. The molecule has 0 bridgehead atoms. The molecule has 1 aliphatic heterocycles. The fraction of sp³-hybridized carbons (Fsp3) is 0.364. The Morgan fingerprint density at radius 3 is 3.07 bits per heavy atom. The number of carbonyl (C=O) groups excluding carboxylic acids is 1. The number of anilines is 1. The number of ether oxygens (including phenoxy) is 1. The number of nitrogens with zero attached hydrogens (tertiary/aromatic N) is 1. The predicted molar refractivity (Wildman–Crippen MR) is 62.8 cm³/mol. The molecule has 0 spiro atoms. The molecule has 0 aliphatic carbocycles. The molecule has 1 heterocycles. The quantitative estimate of drug-likeness (QED) is 0.769. The number of likely N-dealkylation sites (N-methyl/N-ethyl adjacent to an activating group) is 1. The second kappa shape index (κ2) is 4.23. The maximum absolute atomic E-state index is 11.4. The molecule has 1 aliphatic rings. The summed E-state index contributed by atoms with van der Waals surface area (Å²) in [5.41, 5.74) is 2.07. The van der Waals surface area contributed by atoms with Crippen LogP contribution in [0.3, 0.4) is 0 Å². The van der Waals surface area contributed by atoms with Crippen LogP contribution < -0.4 is 9.64 Å². The summed E-state index contributed by atoms with van der Waals surface area (Å²) in [5, 5.41) is 0.931. The first kappa shape index (κ1) is 10.5. The maximum Gasteiger partial charge on any atom is 0.264 e. The number of alkyl halides is 1. The zero-order chi connectivity index (χ0) is 10.8. The van der Waals surface area contributed by atoms with Crippen molar-refractivity contribution in [1.82, 2.24) is 0 Å². The van der Waals surface area contributed by atoms with E-state index in [9.17, 15) is 4.79 Å².